The van der Waals surface area contributed by atoms with Crippen LogP contribution in [0.2, 0.25) is 5.02 Å². The van der Waals surface area contributed by atoms with Gasteiger partial charge in [0.15, 0.2) is 0 Å². The molecule has 1 aromatic carbocycles. The zero-order chi connectivity index (χ0) is 19.2. The van der Waals surface area contributed by atoms with Crippen LogP contribution in [-0.4, -0.2) is 72.2 Å². The van der Waals surface area contributed by atoms with Crippen molar-refractivity contribution in [2.75, 3.05) is 39.4 Å². The van der Waals surface area contributed by atoms with Gasteiger partial charge in [-0.1, -0.05) is 23.7 Å². The van der Waals surface area contributed by atoms with Gasteiger partial charge in [0.25, 0.3) is 0 Å². The van der Waals surface area contributed by atoms with Gasteiger partial charge >= 0.3 is 5.97 Å². The van der Waals surface area contributed by atoms with Crippen LogP contribution in [0.5, 0.6) is 0 Å². The summed E-state index contributed by atoms with van der Waals surface area (Å²) in [5.41, 5.74) is 0.907. The molecular weight excluding hydrogens is 368 g/mol. The van der Waals surface area contributed by atoms with Gasteiger partial charge in [0, 0.05) is 43.7 Å². The highest BCUT2D eigenvalue weighted by Crippen LogP contribution is 2.27. The Morgan fingerprint density at radius 2 is 2.00 bits per heavy atom. The van der Waals surface area contributed by atoms with Crippen molar-refractivity contribution >= 4 is 23.5 Å². The molecule has 0 aromatic heterocycles. The van der Waals surface area contributed by atoms with Gasteiger partial charge in [-0.3, -0.25) is 14.5 Å². The van der Waals surface area contributed by atoms with Crippen LogP contribution in [0.25, 0.3) is 0 Å². The molecule has 2 saturated heterocycles. The Bertz CT molecular complexity index is 663. The van der Waals surface area contributed by atoms with Crippen molar-refractivity contribution in [1.82, 2.24) is 9.80 Å². The van der Waals surface area contributed by atoms with Gasteiger partial charge in [-0.2, -0.15) is 0 Å². The summed E-state index contributed by atoms with van der Waals surface area (Å²) >= 11 is 6.02. The number of carbonyl (C=O) groups is 2. The lowest BCUT2D eigenvalue weighted by molar-refractivity contribution is -0.138. The summed E-state index contributed by atoms with van der Waals surface area (Å²) in [5, 5.41) is 9.74. The number of ether oxygens (including phenoxy) is 1. The fourth-order valence-electron chi connectivity index (χ4n) is 4.16. The maximum Gasteiger partial charge on any atom is 0.303 e. The maximum atomic E-state index is 12.8. The quantitative estimate of drug-likeness (QED) is 0.801. The van der Waals surface area contributed by atoms with Crippen molar-refractivity contribution < 1.29 is 19.4 Å². The zero-order valence-corrected chi connectivity index (χ0v) is 16.2. The van der Waals surface area contributed by atoms with Gasteiger partial charge in [0.2, 0.25) is 5.91 Å². The normalized spacial score (nSPS) is 24.0. The summed E-state index contributed by atoms with van der Waals surface area (Å²) in [6, 6.07) is 7.70. The van der Waals surface area contributed by atoms with E-state index in [9.17, 15) is 9.59 Å². The molecule has 7 heteroatoms. The van der Waals surface area contributed by atoms with Crippen molar-refractivity contribution in [3.05, 3.63) is 34.9 Å². The number of carboxylic acids is 1. The van der Waals surface area contributed by atoms with E-state index < -0.39 is 5.97 Å². The molecule has 0 unspecified atom stereocenters. The number of morpholine rings is 1. The second-order valence-corrected chi connectivity index (χ2v) is 7.78. The van der Waals surface area contributed by atoms with Crippen LogP contribution < -0.4 is 0 Å². The number of benzene rings is 1. The van der Waals surface area contributed by atoms with E-state index in [4.69, 9.17) is 21.4 Å². The van der Waals surface area contributed by atoms with Crippen LogP contribution in [0.15, 0.2) is 24.3 Å². The Hall–Kier alpha value is -1.63. The van der Waals surface area contributed by atoms with Gasteiger partial charge < -0.3 is 14.7 Å². The maximum absolute atomic E-state index is 12.8. The third-order valence-electron chi connectivity index (χ3n) is 5.53. The molecule has 0 bridgehead atoms. The molecule has 2 aliphatic rings. The molecule has 2 atom stereocenters. The van der Waals surface area contributed by atoms with Crippen LogP contribution in [-0.2, 0) is 20.7 Å². The molecule has 3 rings (SSSR count). The standard InChI is InChI=1S/C20H27ClN2O4/c21-17-3-1-2-15(12-17)13-19(24)23-7-6-18(22-8-10-27-11-9-22)16(14-23)4-5-20(25)26/h1-3,12,16,18H,4-11,13-14H2,(H,25,26)/t16-,18+/m1/s1. The van der Waals surface area contributed by atoms with Gasteiger partial charge in [0.05, 0.1) is 19.6 Å². The minimum absolute atomic E-state index is 0.0815. The largest absolute Gasteiger partial charge is 0.481 e. The third kappa shape index (κ3) is 5.67. The SMILES string of the molecule is O=C(O)CC[C@@H]1CN(C(=O)Cc2cccc(Cl)c2)CC[C@@H]1N1CCOCC1. The van der Waals surface area contributed by atoms with Crippen LogP contribution in [0, 0.1) is 5.92 Å². The Labute approximate surface area is 165 Å². The average Bonchev–Trinajstić information content (AvgIpc) is 2.67. The number of piperidine rings is 1. The number of rotatable bonds is 6. The Kier molecular flexibility index (Phi) is 7.10. The molecule has 1 N–H and O–H groups in total. The third-order valence-corrected chi connectivity index (χ3v) is 5.77. The Morgan fingerprint density at radius 3 is 2.70 bits per heavy atom. The fraction of sp³-hybridized carbons (Fsp3) is 0.600. The summed E-state index contributed by atoms with van der Waals surface area (Å²) in [5.74, 6) is -0.521. The summed E-state index contributed by atoms with van der Waals surface area (Å²) in [6.45, 7) is 4.54. The highest BCUT2D eigenvalue weighted by atomic mass is 35.5. The van der Waals surface area contributed by atoms with E-state index in [0.29, 0.717) is 37.0 Å². The second kappa shape index (κ2) is 9.53. The van der Waals surface area contributed by atoms with Gasteiger partial charge in [-0.05, 0) is 36.5 Å². The van der Waals surface area contributed by atoms with E-state index in [-0.39, 0.29) is 18.2 Å². The minimum atomic E-state index is -0.780. The first-order valence-corrected chi connectivity index (χ1v) is 9.96. The zero-order valence-electron chi connectivity index (χ0n) is 15.5. The van der Waals surface area contributed by atoms with Crippen molar-refractivity contribution in [3.8, 4) is 0 Å². The molecule has 0 saturated carbocycles. The molecule has 2 aliphatic heterocycles. The lowest BCUT2D eigenvalue weighted by atomic mass is 9.86. The molecule has 1 aromatic rings. The van der Waals surface area contributed by atoms with Gasteiger partial charge in [0.1, 0.15) is 0 Å². The number of likely N-dealkylation sites (tertiary alicyclic amines) is 1. The molecule has 2 heterocycles. The van der Waals surface area contributed by atoms with E-state index >= 15 is 0 Å². The van der Waals surface area contributed by atoms with E-state index in [1.165, 1.54) is 0 Å². The minimum Gasteiger partial charge on any atom is -0.481 e. The second-order valence-electron chi connectivity index (χ2n) is 7.34. The van der Waals surface area contributed by atoms with E-state index in [2.05, 4.69) is 4.90 Å². The number of amides is 1. The first kappa shape index (κ1) is 20.1. The van der Waals surface area contributed by atoms with E-state index in [1.54, 1.807) is 6.07 Å². The van der Waals surface area contributed by atoms with E-state index in [1.807, 2.05) is 23.1 Å². The number of nitrogens with zero attached hydrogens (tertiary/aromatic N) is 2. The molecule has 148 valence electrons. The van der Waals surface area contributed by atoms with Crippen LogP contribution >= 0.6 is 11.6 Å². The molecular formula is C20H27ClN2O4. The van der Waals surface area contributed by atoms with Crippen molar-refractivity contribution in [3.63, 3.8) is 0 Å². The molecule has 2 fully saturated rings. The lowest BCUT2D eigenvalue weighted by Gasteiger charge is -2.45. The molecule has 0 aliphatic carbocycles. The average molecular weight is 395 g/mol. The van der Waals surface area contributed by atoms with Gasteiger partial charge in [-0.15, -0.1) is 0 Å². The monoisotopic (exact) mass is 394 g/mol. The molecule has 0 radical (unpaired) electrons. The summed E-state index contributed by atoms with van der Waals surface area (Å²) in [6.07, 6.45) is 1.94. The molecule has 0 spiro atoms. The predicted octanol–water partition coefficient (Wildman–Crippen LogP) is 2.30. The highest BCUT2D eigenvalue weighted by molar-refractivity contribution is 6.30. The molecule has 27 heavy (non-hydrogen) atoms. The number of carbonyl (C=O) groups excluding carboxylic acids is 1. The van der Waals surface area contributed by atoms with Crippen LogP contribution in [0.3, 0.4) is 0 Å². The van der Waals surface area contributed by atoms with Crippen molar-refractivity contribution in [1.29, 1.82) is 0 Å². The van der Waals surface area contributed by atoms with Crippen molar-refractivity contribution in [2.24, 2.45) is 5.92 Å². The van der Waals surface area contributed by atoms with Crippen LogP contribution in [0.1, 0.15) is 24.8 Å². The fourth-order valence-corrected chi connectivity index (χ4v) is 4.37. The summed E-state index contributed by atoms with van der Waals surface area (Å²) < 4.78 is 5.45. The van der Waals surface area contributed by atoms with Gasteiger partial charge in [-0.25, -0.2) is 0 Å². The first-order chi connectivity index (χ1) is 13.0. The number of hydrogen-bond acceptors (Lipinski definition) is 4. The Morgan fingerprint density at radius 1 is 1.22 bits per heavy atom. The predicted molar refractivity (Wildman–Crippen MR) is 103 cm³/mol. The smallest absolute Gasteiger partial charge is 0.303 e. The highest BCUT2D eigenvalue weighted by Gasteiger charge is 2.35. The summed E-state index contributed by atoms with van der Waals surface area (Å²) in [4.78, 5) is 28.2. The first-order valence-electron chi connectivity index (χ1n) is 9.59. The molecule has 1 amide bonds. The van der Waals surface area contributed by atoms with Crippen molar-refractivity contribution in [2.45, 2.75) is 31.7 Å². The molecule has 6 nitrogen and oxygen atoms in total. The van der Waals surface area contributed by atoms with Crippen LogP contribution in [0.4, 0.5) is 0 Å². The number of hydrogen-bond donors (Lipinski definition) is 1. The number of carboxylic acid groups (broad SMARTS) is 1. The van der Waals surface area contributed by atoms with E-state index in [0.717, 1.165) is 38.3 Å². The Balaban J connectivity index is 1.64. The summed E-state index contributed by atoms with van der Waals surface area (Å²) in [7, 11) is 0. The topological polar surface area (TPSA) is 70.1 Å². The lowest BCUT2D eigenvalue weighted by Crippen LogP contribution is -2.55. The number of halogens is 1. The number of aliphatic carboxylic acids is 1.